The molecule has 6 heteroatoms. The van der Waals surface area contributed by atoms with Crippen LogP contribution in [0.3, 0.4) is 0 Å². The molecule has 0 saturated heterocycles. The van der Waals surface area contributed by atoms with Gasteiger partial charge in [-0.1, -0.05) is 11.6 Å². The number of halogens is 1. The van der Waals surface area contributed by atoms with Crippen LogP contribution in [0.4, 0.5) is 5.69 Å². The smallest absolute Gasteiger partial charge is 0.269 e. The molecule has 2 aromatic carbocycles. The summed E-state index contributed by atoms with van der Waals surface area (Å²) in [7, 11) is 0. The van der Waals surface area contributed by atoms with Crippen LogP contribution in [0.2, 0.25) is 5.02 Å². The van der Waals surface area contributed by atoms with Crippen molar-refractivity contribution in [3.8, 4) is 11.8 Å². The Bertz CT molecular complexity index is 761. The highest BCUT2D eigenvalue weighted by atomic mass is 35.5. The SMILES string of the molecule is N#CC(=Cc1cc(Cl)ccc1O)c1ccc([N+](=O)[O-])cc1. The average Bonchev–Trinajstić information content (AvgIpc) is 2.48. The van der Waals surface area contributed by atoms with E-state index in [1.165, 1.54) is 48.5 Å². The second-order valence-electron chi connectivity index (χ2n) is 4.18. The van der Waals surface area contributed by atoms with Gasteiger partial charge in [0, 0.05) is 22.7 Å². The number of nitrogens with zero attached hydrogens (tertiary/aromatic N) is 2. The minimum atomic E-state index is -0.512. The standard InChI is InChI=1S/C15H9ClN2O3/c16-13-3-6-15(19)11(8-13)7-12(9-17)10-1-4-14(5-2-10)18(20)21/h1-8,19H. The second-order valence-corrected chi connectivity index (χ2v) is 4.61. The van der Waals surface area contributed by atoms with Crippen LogP contribution in [-0.4, -0.2) is 10.0 Å². The van der Waals surface area contributed by atoms with E-state index in [1.54, 1.807) is 0 Å². The van der Waals surface area contributed by atoms with Crippen molar-refractivity contribution in [1.29, 1.82) is 5.26 Å². The molecule has 0 atom stereocenters. The molecule has 1 N–H and O–H groups in total. The van der Waals surface area contributed by atoms with Crippen molar-refractivity contribution >= 4 is 28.9 Å². The maximum absolute atomic E-state index is 10.6. The van der Waals surface area contributed by atoms with Crippen LogP contribution >= 0.6 is 11.6 Å². The van der Waals surface area contributed by atoms with Crippen molar-refractivity contribution in [2.24, 2.45) is 0 Å². The van der Waals surface area contributed by atoms with E-state index >= 15 is 0 Å². The summed E-state index contributed by atoms with van der Waals surface area (Å²) in [5, 5.41) is 30.0. The lowest BCUT2D eigenvalue weighted by atomic mass is 10.0. The molecule has 2 rings (SSSR count). The van der Waals surface area contributed by atoms with Gasteiger partial charge >= 0.3 is 0 Å². The van der Waals surface area contributed by atoms with E-state index in [9.17, 15) is 20.5 Å². The molecule has 0 aliphatic carbocycles. The molecule has 0 saturated carbocycles. The van der Waals surface area contributed by atoms with E-state index in [0.717, 1.165) is 0 Å². The van der Waals surface area contributed by atoms with Crippen LogP contribution in [0, 0.1) is 21.4 Å². The number of hydrogen-bond donors (Lipinski definition) is 1. The molecule has 0 heterocycles. The fourth-order valence-electron chi connectivity index (χ4n) is 1.74. The zero-order valence-corrected chi connectivity index (χ0v) is 11.4. The number of nitro groups is 1. The fourth-order valence-corrected chi connectivity index (χ4v) is 1.92. The molecule has 0 aromatic heterocycles. The first-order valence-corrected chi connectivity index (χ1v) is 6.24. The number of benzene rings is 2. The molecule has 0 fully saturated rings. The first kappa shape index (κ1) is 14.6. The lowest BCUT2D eigenvalue weighted by molar-refractivity contribution is -0.384. The van der Waals surface area contributed by atoms with Gasteiger partial charge in [-0.2, -0.15) is 5.26 Å². The molecule has 5 nitrogen and oxygen atoms in total. The zero-order chi connectivity index (χ0) is 15.4. The Morgan fingerprint density at radius 1 is 1.29 bits per heavy atom. The normalized spacial score (nSPS) is 11.0. The van der Waals surface area contributed by atoms with Gasteiger partial charge in [0.2, 0.25) is 0 Å². The zero-order valence-electron chi connectivity index (χ0n) is 10.7. The van der Waals surface area contributed by atoms with Crippen LogP contribution in [0.25, 0.3) is 11.6 Å². The summed E-state index contributed by atoms with van der Waals surface area (Å²) in [5.74, 6) is -0.00550. The Morgan fingerprint density at radius 3 is 2.52 bits per heavy atom. The summed E-state index contributed by atoms with van der Waals surface area (Å²) in [6.45, 7) is 0. The summed E-state index contributed by atoms with van der Waals surface area (Å²) in [4.78, 5) is 10.1. The van der Waals surface area contributed by atoms with Crippen molar-refractivity contribution in [2.45, 2.75) is 0 Å². The van der Waals surface area contributed by atoms with Gasteiger partial charge in [0.1, 0.15) is 5.75 Å². The number of nitriles is 1. The molecule has 0 bridgehead atoms. The fraction of sp³-hybridized carbons (Fsp3) is 0. The molecule has 21 heavy (non-hydrogen) atoms. The Kier molecular flexibility index (Phi) is 4.21. The summed E-state index contributed by atoms with van der Waals surface area (Å²) in [6, 6.07) is 12.1. The predicted octanol–water partition coefficient (Wildman–Crippen LogP) is 4.02. The van der Waals surface area contributed by atoms with Crippen molar-refractivity contribution in [1.82, 2.24) is 0 Å². The quantitative estimate of drug-likeness (QED) is 0.401. The highest BCUT2D eigenvalue weighted by Crippen LogP contribution is 2.27. The molecule has 0 aliphatic rings. The number of allylic oxidation sites excluding steroid dienone is 1. The monoisotopic (exact) mass is 300 g/mol. The van der Waals surface area contributed by atoms with Crippen LogP contribution in [0.1, 0.15) is 11.1 Å². The van der Waals surface area contributed by atoms with Crippen LogP contribution in [-0.2, 0) is 0 Å². The number of non-ortho nitro benzene ring substituents is 1. The minimum absolute atomic E-state index is 0.00550. The van der Waals surface area contributed by atoms with E-state index < -0.39 is 4.92 Å². The molecule has 0 radical (unpaired) electrons. The molecular weight excluding hydrogens is 292 g/mol. The van der Waals surface area contributed by atoms with Gasteiger partial charge in [-0.05, 0) is 42.0 Å². The first-order chi connectivity index (χ1) is 10.0. The summed E-state index contributed by atoms with van der Waals surface area (Å²) in [6.07, 6.45) is 1.47. The van der Waals surface area contributed by atoms with Crippen LogP contribution < -0.4 is 0 Å². The molecule has 0 unspecified atom stereocenters. The maximum atomic E-state index is 10.6. The van der Waals surface area contributed by atoms with E-state index in [1.807, 2.05) is 6.07 Å². The molecule has 0 aliphatic heterocycles. The number of rotatable bonds is 3. The first-order valence-electron chi connectivity index (χ1n) is 5.86. The lowest BCUT2D eigenvalue weighted by Gasteiger charge is -2.02. The van der Waals surface area contributed by atoms with Crippen LogP contribution in [0.5, 0.6) is 5.75 Å². The third kappa shape index (κ3) is 3.38. The predicted molar refractivity (Wildman–Crippen MR) is 79.7 cm³/mol. The molecule has 0 spiro atoms. The number of phenols is 1. The van der Waals surface area contributed by atoms with E-state index in [-0.39, 0.29) is 17.0 Å². The topological polar surface area (TPSA) is 87.2 Å². The van der Waals surface area contributed by atoms with Crippen LogP contribution in [0.15, 0.2) is 42.5 Å². The van der Waals surface area contributed by atoms with Gasteiger partial charge in [0.15, 0.2) is 0 Å². The minimum Gasteiger partial charge on any atom is -0.507 e. The number of hydrogen-bond acceptors (Lipinski definition) is 4. The maximum Gasteiger partial charge on any atom is 0.269 e. The Morgan fingerprint density at radius 2 is 1.95 bits per heavy atom. The van der Waals surface area contributed by atoms with Crippen molar-refractivity contribution in [3.05, 3.63) is 68.7 Å². The van der Waals surface area contributed by atoms with E-state index in [4.69, 9.17) is 11.6 Å². The van der Waals surface area contributed by atoms with Gasteiger partial charge in [-0.3, -0.25) is 10.1 Å². The number of phenolic OH excluding ortho intramolecular Hbond substituents is 1. The van der Waals surface area contributed by atoms with Gasteiger partial charge in [-0.15, -0.1) is 0 Å². The van der Waals surface area contributed by atoms with Gasteiger partial charge in [-0.25, -0.2) is 0 Å². The van der Waals surface area contributed by atoms with Crippen molar-refractivity contribution in [3.63, 3.8) is 0 Å². The molecule has 0 amide bonds. The van der Waals surface area contributed by atoms with Gasteiger partial charge in [0.25, 0.3) is 5.69 Å². The third-order valence-corrected chi connectivity index (χ3v) is 3.03. The molecular formula is C15H9ClN2O3. The van der Waals surface area contributed by atoms with E-state index in [0.29, 0.717) is 16.1 Å². The highest BCUT2D eigenvalue weighted by molar-refractivity contribution is 6.30. The number of nitro benzene ring substituents is 1. The second kappa shape index (κ2) is 6.07. The van der Waals surface area contributed by atoms with Crippen molar-refractivity contribution < 1.29 is 10.0 Å². The molecule has 104 valence electrons. The van der Waals surface area contributed by atoms with Gasteiger partial charge in [0.05, 0.1) is 16.6 Å². The Labute approximate surface area is 125 Å². The average molecular weight is 301 g/mol. The summed E-state index contributed by atoms with van der Waals surface area (Å²) >= 11 is 5.85. The Balaban J connectivity index is 2.44. The summed E-state index contributed by atoms with van der Waals surface area (Å²) < 4.78 is 0. The van der Waals surface area contributed by atoms with Gasteiger partial charge < -0.3 is 5.11 Å². The van der Waals surface area contributed by atoms with Crippen molar-refractivity contribution in [2.75, 3.05) is 0 Å². The molecule has 2 aromatic rings. The largest absolute Gasteiger partial charge is 0.507 e. The van der Waals surface area contributed by atoms with E-state index in [2.05, 4.69) is 0 Å². The Hall–Kier alpha value is -2.84. The number of aromatic hydroxyl groups is 1. The highest BCUT2D eigenvalue weighted by Gasteiger charge is 2.08. The lowest BCUT2D eigenvalue weighted by Crippen LogP contribution is -1.88. The summed E-state index contributed by atoms with van der Waals surface area (Å²) in [5.41, 5.74) is 1.13. The third-order valence-electron chi connectivity index (χ3n) is 2.80.